The van der Waals surface area contributed by atoms with Crippen LogP contribution in [0.4, 0.5) is 0 Å². The largest absolute Gasteiger partial charge is 0.569 e. The van der Waals surface area contributed by atoms with Crippen molar-refractivity contribution < 1.29 is 9.68 Å². The van der Waals surface area contributed by atoms with Crippen molar-refractivity contribution in [3.63, 3.8) is 0 Å². The molecule has 1 aliphatic rings. The number of aromatic nitrogens is 1. The number of rotatable bonds is 4. The molecule has 0 unspecified atom stereocenters. The fourth-order valence-corrected chi connectivity index (χ4v) is 6.26. The topological polar surface area (TPSA) is 34.4 Å². The number of nitrogens with zero attached hydrogens (tertiary/aromatic N) is 1. The van der Waals surface area contributed by atoms with Gasteiger partial charge in [0.1, 0.15) is 5.75 Å². The second kappa shape index (κ2) is 8.12. The van der Waals surface area contributed by atoms with Gasteiger partial charge in [0.25, 0.3) is 0 Å². The second-order valence-corrected chi connectivity index (χ2v) is 9.94. The summed E-state index contributed by atoms with van der Waals surface area (Å²) < 4.78 is 8.04. The van der Waals surface area contributed by atoms with Gasteiger partial charge in [0.05, 0.1) is 22.1 Å². The van der Waals surface area contributed by atoms with Gasteiger partial charge in [0.2, 0.25) is 0 Å². The van der Waals surface area contributed by atoms with E-state index in [0.717, 1.165) is 35.1 Å². The van der Waals surface area contributed by atoms with Gasteiger partial charge in [0.15, 0.2) is 0 Å². The predicted molar refractivity (Wildman–Crippen MR) is 151 cm³/mol. The highest BCUT2D eigenvalue weighted by atomic mass is 16.5. The van der Waals surface area contributed by atoms with E-state index in [1.54, 1.807) is 0 Å². The second-order valence-electron chi connectivity index (χ2n) is 9.94. The van der Waals surface area contributed by atoms with Crippen molar-refractivity contribution in [2.45, 2.75) is 19.3 Å². The van der Waals surface area contributed by atoms with E-state index in [4.69, 9.17) is 4.65 Å². The molecule has 0 fully saturated rings. The molecule has 37 heavy (non-hydrogen) atoms. The van der Waals surface area contributed by atoms with Crippen LogP contribution in [0, 0.1) is 13.8 Å². The zero-order valence-corrected chi connectivity index (χ0v) is 20.8. The molecule has 1 aromatic heterocycles. The summed E-state index contributed by atoms with van der Waals surface area (Å²) in [5, 5.41) is 11.9. The molecule has 1 aliphatic heterocycles. The molecule has 0 amide bonds. The smallest absolute Gasteiger partial charge is 0.537 e. The van der Waals surface area contributed by atoms with E-state index in [1.165, 1.54) is 33.5 Å². The Hall–Kier alpha value is -4.28. The van der Waals surface area contributed by atoms with Crippen LogP contribution in [0.2, 0.25) is 0 Å². The van der Waals surface area contributed by atoms with Gasteiger partial charge in [-0.1, -0.05) is 96.1 Å². The number of fused-ring (bicyclic) bond motifs is 5. The summed E-state index contributed by atoms with van der Waals surface area (Å²) >= 11 is 0. The van der Waals surface area contributed by atoms with Gasteiger partial charge in [0, 0.05) is 10.8 Å². The summed E-state index contributed by atoms with van der Waals surface area (Å²) in [6.45, 7) is 4.25. The molecule has 0 atom stereocenters. The third-order valence-electron chi connectivity index (χ3n) is 7.85. The molecular formula is C33H25BNO2. The zero-order valence-electron chi connectivity index (χ0n) is 20.8. The lowest BCUT2D eigenvalue weighted by atomic mass is 9.63. The van der Waals surface area contributed by atoms with E-state index >= 15 is 0 Å². The molecule has 5 aromatic carbocycles. The Bertz CT molecular complexity index is 1750. The van der Waals surface area contributed by atoms with E-state index in [0.29, 0.717) is 5.75 Å². The lowest BCUT2D eigenvalue weighted by Gasteiger charge is -2.42. The Balaban J connectivity index is 1.76. The Morgan fingerprint density at radius 2 is 1.30 bits per heavy atom. The SMILES string of the molecule is Cc1ccc(C2(c3ccc(C)cc3)c3ccccc3-n3c4ccccc4c4cc(O[B]O)cc2c43)cc1. The molecule has 0 spiro atoms. The predicted octanol–water partition coefficient (Wildman–Crippen LogP) is 7.00. The first kappa shape index (κ1) is 22.0. The average molecular weight is 478 g/mol. The van der Waals surface area contributed by atoms with Crippen molar-refractivity contribution in [2.24, 2.45) is 0 Å². The van der Waals surface area contributed by atoms with Crippen molar-refractivity contribution in [3.05, 3.63) is 143 Å². The highest BCUT2D eigenvalue weighted by Crippen LogP contribution is 2.55. The number of hydrogen-bond acceptors (Lipinski definition) is 2. The Morgan fingerprint density at radius 1 is 0.676 bits per heavy atom. The fraction of sp³-hybridized carbons (Fsp3) is 0.0909. The number of benzene rings is 5. The van der Waals surface area contributed by atoms with Crippen LogP contribution < -0.4 is 4.65 Å². The van der Waals surface area contributed by atoms with Crippen LogP contribution in [0.5, 0.6) is 5.75 Å². The maximum absolute atomic E-state index is 9.62. The van der Waals surface area contributed by atoms with E-state index in [-0.39, 0.29) is 0 Å². The van der Waals surface area contributed by atoms with Gasteiger partial charge in [-0.2, -0.15) is 0 Å². The third-order valence-corrected chi connectivity index (χ3v) is 7.85. The van der Waals surface area contributed by atoms with Crippen LogP contribution in [0.1, 0.15) is 33.4 Å². The van der Waals surface area contributed by atoms with Crippen LogP contribution in [0.3, 0.4) is 0 Å². The maximum atomic E-state index is 9.62. The minimum absolute atomic E-state index is 0.588. The van der Waals surface area contributed by atoms with Gasteiger partial charge >= 0.3 is 7.69 Å². The average Bonchev–Trinajstić information content (AvgIpc) is 3.26. The molecule has 1 N–H and O–H groups in total. The number of hydrogen-bond donors (Lipinski definition) is 1. The molecule has 0 aliphatic carbocycles. The molecule has 7 rings (SSSR count). The molecule has 0 bridgehead atoms. The summed E-state index contributed by atoms with van der Waals surface area (Å²) in [7, 11) is 0.767. The first-order valence-electron chi connectivity index (χ1n) is 12.6. The van der Waals surface area contributed by atoms with Gasteiger partial charge in [-0.15, -0.1) is 0 Å². The van der Waals surface area contributed by atoms with Gasteiger partial charge < -0.3 is 14.2 Å². The summed E-state index contributed by atoms with van der Waals surface area (Å²) in [5.41, 5.74) is 10.1. The molecule has 3 nitrogen and oxygen atoms in total. The normalized spacial score (nSPS) is 13.5. The Morgan fingerprint density at radius 3 is 1.97 bits per heavy atom. The fourth-order valence-electron chi connectivity index (χ4n) is 6.26. The highest BCUT2D eigenvalue weighted by Gasteiger charge is 2.45. The van der Waals surface area contributed by atoms with Crippen LogP contribution >= 0.6 is 0 Å². The molecule has 6 aromatic rings. The zero-order chi connectivity index (χ0) is 25.1. The van der Waals surface area contributed by atoms with Gasteiger partial charge in [-0.25, -0.2) is 0 Å². The summed E-state index contributed by atoms with van der Waals surface area (Å²) in [6.07, 6.45) is 0. The molecular weight excluding hydrogens is 453 g/mol. The minimum atomic E-state index is -0.588. The lowest BCUT2D eigenvalue weighted by Crippen LogP contribution is -2.35. The van der Waals surface area contributed by atoms with Gasteiger partial charge in [-0.05, 0) is 60.4 Å². The van der Waals surface area contributed by atoms with Crippen LogP contribution in [-0.4, -0.2) is 17.3 Å². The summed E-state index contributed by atoms with van der Waals surface area (Å²) in [6, 6.07) is 39.2. The molecule has 177 valence electrons. The monoisotopic (exact) mass is 478 g/mol. The van der Waals surface area contributed by atoms with Crippen molar-refractivity contribution in [2.75, 3.05) is 0 Å². The number of aryl methyl sites for hydroxylation is 2. The van der Waals surface area contributed by atoms with Crippen molar-refractivity contribution >= 4 is 29.5 Å². The minimum Gasteiger partial charge on any atom is -0.537 e. The molecule has 0 saturated heterocycles. The van der Waals surface area contributed by atoms with Crippen molar-refractivity contribution in [1.82, 2.24) is 4.57 Å². The van der Waals surface area contributed by atoms with Crippen LogP contribution in [0.25, 0.3) is 27.5 Å². The molecule has 1 radical (unpaired) electrons. The maximum Gasteiger partial charge on any atom is 0.569 e. The van der Waals surface area contributed by atoms with Crippen molar-refractivity contribution in [3.8, 4) is 11.4 Å². The first-order chi connectivity index (χ1) is 18.1. The van der Waals surface area contributed by atoms with E-state index < -0.39 is 5.41 Å². The Labute approximate surface area is 216 Å². The highest BCUT2D eigenvalue weighted by molar-refractivity contribution is 6.18. The Kier molecular flexibility index (Phi) is 4.82. The summed E-state index contributed by atoms with van der Waals surface area (Å²) in [4.78, 5) is 0. The lowest BCUT2D eigenvalue weighted by molar-refractivity contribution is 0.453. The first-order valence-corrected chi connectivity index (χ1v) is 12.6. The molecule has 0 saturated carbocycles. The number of para-hydroxylation sites is 2. The van der Waals surface area contributed by atoms with E-state index in [2.05, 4.69) is 122 Å². The van der Waals surface area contributed by atoms with Crippen LogP contribution in [0.15, 0.2) is 109 Å². The molecule has 2 heterocycles. The van der Waals surface area contributed by atoms with Crippen LogP contribution in [-0.2, 0) is 5.41 Å². The quantitative estimate of drug-likeness (QED) is 0.277. The third kappa shape index (κ3) is 3.00. The van der Waals surface area contributed by atoms with E-state index in [9.17, 15) is 5.02 Å². The standard InChI is InChI=1S/C33H25BNO2/c1-21-11-15-23(16-12-21)33(24-17-13-22(2)14-18-24)28-8-4-6-10-31(28)35-30-9-5-3-7-26(30)27-19-25(37-34-36)20-29(33)32(27)35/h3-20,36H,1-2H3. The van der Waals surface area contributed by atoms with Gasteiger partial charge in [-0.3, -0.25) is 0 Å². The molecule has 4 heteroatoms. The van der Waals surface area contributed by atoms with Crippen molar-refractivity contribution in [1.29, 1.82) is 0 Å². The summed E-state index contributed by atoms with van der Waals surface area (Å²) in [5.74, 6) is 0.607. The van der Waals surface area contributed by atoms with E-state index in [1.807, 2.05) is 6.07 Å².